The summed E-state index contributed by atoms with van der Waals surface area (Å²) >= 11 is 1.71. The number of hydrogen-bond donors (Lipinski definition) is 1. The fraction of sp³-hybridized carbons (Fsp3) is 0.214. The molecule has 2 aromatic rings. The van der Waals surface area contributed by atoms with Crippen molar-refractivity contribution in [1.82, 2.24) is 0 Å². The van der Waals surface area contributed by atoms with Crippen LogP contribution in [0.2, 0.25) is 0 Å². The third-order valence-corrected chi connectivity index (χ3v) is 3.64. The van der Waals surface area contributed by atoms with Gasteiger partial charge in [0.05, 0.1) is 5.75 Å². The van der Waals surface area contributed by atoms with Crippen LogP contribution < -0.4 is 0 Å². The van der Waals surface area contributed by atoms with E-state index in [9.17, 15) is 4.79 Å². The van der Waals surface area contributed by atoms with Gasteiger partial charge in [0.15, 0.2) is 0 Å². The van der Waals surface area contributed by atoms with Crippen LogP contribution >= 0.6 is 11.8 Å². The average Bonchev–Trinajstić information content (AvgIpc) is 2.80. The van der Waals surface area contributed by atoms with Crippen molar-refractivity contribution in [3.05, 3.63) is 59.0 Å². The molecule has 1 N–H and O–H groups in total. The molecule has 18 heavy (non-hydrogen) atoms. The Bertz CT molecular complexity index is 545. The van der Waals surface area contributed by atoms with Gasteiger partial charge in [0.25, 0.3) is 0 Å². The summed E-state index contributed by atoms with van der Waals surface area (Å²) in [4.78, 5) is 10.7. The summed E-state index contributed by atoms with van der Waals surface area (Å²) in [6.45, 7) is 2.09. The number of rotatable bonds is 5. The first-order valence-corrected chi connectivity index (χ1v) is 6.76. The van der Waals surface area contributed by atoms with E-state index < -0.39 is 5.97 Å². The lowest BCUT2D eigenvalue weighted by Crippen LogP contribution is -1.91. The first-order chi connectivity index (χ1) is 8.66. The summed E-state index contributed by atoms with van der Waals surface area (Å²) in [5.74, 6) is 1.26. The van der Waals surface area contributed by atoms with E-state index in [0.717, 1.165) is 5.75 Å². The Balaban J connectivity index is 1.88. The van der Waals surface area contributed by atoms with Crippen molar-refractivity contribution >= 4 is 17.7 Å². The van der Waals surface area contributed by atoms with Crippen LogP contribution in [-0.2, 0) is 11.5 Å². The number of thioether (sulfide) groups is 1. The second kappa shape index (κ2) is 5.78. The molecular weight excluding hydrogens is 248 g/mol. The molecule has 1 aromatic carbocycles. The van der Waals surface area contributed by atoms with E-state index in [2.05, 4.69) is 19.1 Å². The molecule has 0 radical (unpaired) electrons. The van der Waals surface area contributed by atoms with Gasteiger partial charge in [-0.1, -0.05) is 24.3 Å². The molecule has 0 saturated heterocycles. The van der Waals surface area contributed by atoms with E-state index in [1.54, 1.807) is 17.8 Å². The van der Waals surface area contributed by atoms with Crippen molar-refractivity contribution in [2.45, 2.75) is 18.4 Å². The molecule has 0 spiro atoms. The highest BCUT2D eigenvalue weighted by atomic mass is 32.2. The summed E-state index contributed by atoms with van der Waals surface area (Å²) in [5.41, 5.74) is 2.57. The molecule has 0 amide bonds. The van der Waals surface area contributed by atoms with E-state index >= 15 is 0 Å². The molecule has 0 aliphatic heterocycles. The van der Waals surface area contributed by atoms with E-state index in [0.29, 0.717) is 11.5 Å². The largest absolute Gasteiger partial charge is 0.475 e. The summed E-state index contributed by atoms with van der Waals surface area (Å²) in [6.07, 6.45) is 0. The van der Waals surface area contributed by atoms with Crippen molar-refractivity contribution in [2.24, 2.45) is 0 Å². The second-order valence-electron chi connectivity index (χ2n) is 3.99. The van der Waals surface area contributed by atoms with Crippen LogP contribution in [0.3, 0.4) is 0 Å². The van der Waals surface area contributed by atoms with Crippen molar-refractivity contribution in [3.63, 3.8) is 0 Å². The quantitative estimate of drug-likeness (QED) is 0.892. The van der Waals surface area contributed by atoms with Crippen LogP contribution in [0.1, 0.15) is 27.4 Å². The zero-order valence-electron chi connectivity index (χ0n) is 10.1. The van der Waals surface area contributed by atoms with E-state index in [1.807, 2.05) is 12.1 Å². The summed E-state index contributed by atoms with van der Waals surface area (Å²) < 4.78 is 5.19. The number of hydrogen-bond acceptors (Lipinski definition) is 3. The first kappa shape index (κ1) is 12.8. The molecule has 2 rings (SSSR count). The van der Waals surface area contributed by atoms with Gasteiger partial charge >= 0.3 is 5.97 Å². The van der Waals surface area contributed by atoms with Crippen LogP contribution in [0, 0.1) is 6.92 Å². The molecule has 94 valence electrons. The number of carbonyl (C=O) groups is 1. The van der Waals surface area contributed by atoms with Gasteiger partial charge in [0, 0.05) is 5.75 Å². The fourth-order valence-corrected chi connectivity index (χ4v) is 2.61. The summed E-state index contributed by atoms with van der Waals surface area (Å²) in [6, 6.07) is 11.5. The van der Waals surface area contributed by atoms with Crippen LogP contribution in [0.5, 0.6) is 0 Å². The van der Waals surface area contributed by atoms with Gasteiger partial charge in [-0.15, -0.1) is 11.8 Å². The number of benzene rings is 1. The minimum atomic E-state index is -1.02. The third kappa shape index (κ3) is 3.17. The van der Waals surface area contributed by atoms with Crippen molar-refractivity contribution in [3.8, 4) is 0 Å². The lowest BCUT2D eigenvalue weighted by molar-refractivity contribution is 0.0661. The number of furan rings is 1. The zero-order valence-corrected chi connectivity index (χ0v) is 10.9. The Morgan fingerprint density at radius 2 is 2.00 bits per heavy atom. The van der Waals surface area contributed by atoms with Crippen LogP contribution in [0.25, 0.3) is 0 Å². The molecule has 0 bridgehead atoms. The van der Waals surface area contributed by atoms with Gasteiger partial charge in [0.1, 0.15) is 5.76 Å². The maximum Gasteiger partial charge on any atom is 0.371 e. The van der Waals surface area contributed by atoms with Crippen LogP contribution in [0.15, 0.2) is 40.8 Å². The highest BCUT2D eigenvalue weighted by molar-refractivity contribution is 7.97. The number of aromatic carboxylic acids is 1. The minimum Gasteiger partial charge on any atom is -0.475 e. The molecule has 0 atom stereocenters. The number of carboxylic acid groups (broad SMARTS) is 1. The van der Waals surface area contributed by atoms with E-state index in [1.165, 1.54) is 17.2 Å². The lowest BCUT2D eigenvalue weighted by atomic mass is 10.1. The molecule has 3 nitrogen and oxygen atoms in total. The van der Waals surface area contributed by atoms with Crippen molar-refractivity contribution < 1.29 is 14.3 Å². The minimum absolute atomic E-state index is 0.00138. The standard InChI is InChI=1S/C14H14O3S/c1-10-4-2-3-5-11(10)8-18-9-12-6-7-13(17-12)14(15)16/h2-7H,8-9H2,1H3,(H,15,16). The number of carboxylic acids is 1. The molecule has 0 unspecified atom stereocenters. The predicted molar refractivity (Wildman–Crippen MR) is 71.8 cm³/mol. The van der Waals surface area contributed by atoms with Crippen LogP contribution in [-0.4, -0.2) is 11.1 Å². The average molecular weight is 262 g/mol. The normalized spacial score (nSPS) is 10.5. The fourth-order valence-electron chi connectivity index (χ4n) is 1.60. The van der Waals surface area contributed by atoms with Crippen LogP contribution in [0.4, 0.5) is 0 Å². The maximum atomic E-state index is 10.7. The van der Waals surface area contributed by atoms with E-state index in [4.69, 9.17) is 9.52 Å². The van der Waals surface area contributed by atoms with Crippen molar-refractivity contribution in [1.29, 1.82) is 0 Å². The van der Waals surface area contributed by atoms with Crippen molar-refractivity contribution in [2.75, 3.05) is 0 Å². The van der Waals surface area contributed by atoms with Gasteiger partial charge in [-0.2, -0.15) is 0 Å². The number of aryl methyl sites for hydroxylation is 1. The smallest absolute Gasteiger partial charge is 0.371 e. The third-order valence-electron chi connectivity index (χ3n) is 2.64. The molecule has 0 saturated carbocycles. The van der Waals surface area contributed by atoms with Gasteiger partial charge in [-0.25, -0.2) is 4.79 Å². The molecule has 1 aromatic heterocycles. The second-order valence-corrected chi connectivity index (χ2v) is 4.98. The maximum absolute atomic E-state index is 10.7. The highest BCUT2D eigenvalue weighted by Gasteiger charge is 2.08. The first-order valence-electron chi connectivity index (χ1n) is 5.61. The zero-order chi connectivity index (χ0) is 13.0. The Morgan fingerprint density at radius 3 is 2.67 bits per heavy atom. The van der Waals surface area contributed by atoms with Gasteiger partial charge in [-0.3, -0.25) is 0 Å². The highest BCUT2D eigenvalue weighted by Crippen LogP contribution is 2.21. The monoisotopic (exact) mass is 262 g/mol. The molecule has 0 aliphatic rings. The SMILES string of the molecule is Cc1ccccc1CSCc1ccc(C(=O)O)o1. The molecule has 1 heterocycles. The Hall–Kier alpha value is -1.68. The van der Waals surface area contributed by atoms with E-state index in [-0.39, 0.29) is 5.76 Å². The lowest BCUT2D eigenvalue weighted by Gasteiger charge is -2.03. The molecule has 0 fully saturated rings. The Labute approximate surface area is 110 Å². The Kier molecular flexibility index (Phi) is 4.10. The summed E-state index contributed by atoms with van der Waals surface area (Å²) in [7, 11) is 0. The topological polar surface area (TPSA) is 50.4 Å². The molecule has 0 aliphatic carbocycles. The Morgan fingerprint density at radius 1 is 1.22 bits per heavy atom. The molecule has 4 heteroatoms. The van der Waals surface area contributed by atoms with Gasteiger partial charge in [0.2, 0.25) is 5.76 Å². The van der Waals surface area contributed by atoms with Gasteiger partial charge < -0.3 is 9.52 Å². The van der Waals surface area contributed by atoms with Gasteiger partial charge in [-0.05, 0) is 30.2 Å². The molecular formula is C14H14O3S. The predicted octanol–water partition coefficient (Wildman–Crippen LogP) is 3.72. The summed E-state index contributed by atoms with van der Waals surface area (Å²) in [5, 5.41) is 8.74.